The molecule has 26 heavy (non-hydrogen) atoms. The van der Waals surface area contributed by atoms with E-state index in [9.17, 15) is 31.1 Å². The van der Waals surface area contributed by atoms with E-state index >= 15 is 0 Å². The summed E-state index contributed by atoms with van der Waals surface area (Å²) in [6.45, 7) is 0. The minimum Gasteiger partial charge on any atom is -0.332 e. The molecular weight excluding hydrogens is 384 g/mol. The Morgan fingerprint density at radius 3 is 1.88 bits per heavy atom. The second-order valence-electron chi connectivity index (χ2n) is 4.94. The summed E-state index contributed by atoms with van der Waals surface area (Å²) in [7, 11) is 0. The molecular formula is C15H9F6N3OS. The van der Waals surface area contributed by atoms with E-state index in [1.807, 2.05) is 5.32 Å². The lowest BCUT2D eigenvalue weighted by Gasteiger charge is -2.14. The highest BCUT2D eigenvalue weighted by Gasteiger charge is 2.37. The standard InChI is InChI=1S/C15H9F6N3OS/c16-14(17,18)9-5-8(6-10(7-9)15(19,20)21)12(25)24-13(26)23-11-1-3-22-4-2-11/h1-7H,(H2,22,23,24,25,26). The van der Waals surface area contributed by atoms with Gasteiger partial charge in [0.2, 0.25) is 0 Å². The summed E-state index contributed by atoms with van der Waals surface area (Å²) in [5, 5.41) is 4.28. The van der Waals surface area contributed by atoms with E-state index in [-0.39, 0.29) is 11.2 Å². The SMILES string of the molecule is O=C(NC(=S)Nc1ccncc1)c1cc(C(F)(F)F)cc(C(F)(F)F)c1. The Bertz CT molecular complexity index is 788. The van der Waals surface area contributed by atoms with Crippen LogP contribution in [0.3, 0.4) is 0 Å². The van der Waals surface area contributed by atoms with Crippen LogP contribution < -0.4 is 10.6 Å². The highest BCUT2D eigenvalue weighted by atomic mass is 32.1. The molecule has 11 heteroatoms. The summed E-state index contributed by atoms with van der Waals surface area (Å²) in [5.74, 6) is -1.21. The molecule has 0 saturated carbocycles. The molecule has 0 spiro atoms. The molecule has 0 unspecified atom stereocenters. The molecule has 0 radical (unpaired) electrons. The Labute approximate surface area is 148 Å². The van der Waals surface area contributed by atoms with Crippen molar-refractivity contribution in [1.29, 1.82) is 0 Å². The van der Waals surface area contributed by atoms with Crippen molar-refractivity contribution in [3.63, 3.8) is 0 Å². The molecule has 2 aromatic rings. The van der Waals surface area contributed by atoms with Gasteiger partial charge in [-0.25, -0.2) is 0 Å². The van der Waals surface area contributed by atoms with Gasteiger partial charge in [-0.2, -0.15) is 26.3 Å². The predicted molar refractivity (Wildman–Crippen MR) is 84.4 cm³/mol. The summed E-state index contributed by atoms with van der Waals surface area (Å²) >= 11 is 4.82. The number of hydrogen-bond acceptors (Lipinski definition) is 3. The zero-order valence-corrected chi connectivity index (χ0v) is 13.4. The molecule has 1 heterocycles. The number of rotatable bonds is 2. The van der Waals surface area contributed by atoms with Crippen molar-refractivity contribution < 1.29 is 31.1 Å². The number of pyridine rings is 1. The smallest absolute Gasteiger partial charge is 0.332 e. The van der Waals surface area contributed by atoms with Crippen LogP contribution in [0.2, 0.25) is 0 Å². The maximum atomic E-state index is 12.8. The topological polar surface area (TPSA) is 54.0 Å². The van der Waals surface area contributed by atoms with E-state index in [1.54, 1.807) is 0 Å². The fraction of sp³-hybridized carbons (Fsp3) is 0.133. The van der Waals surface area contributed by atoms with Crippen molar-refractivity contribution in [3.8, 4) is 0 Å². The molecule has 4 nitrogen and oxygen atoms in total. The summed E-state index contributed by atoms with van der Waals surface area (Å²) in [5.41, 5.74) is -3.59. The Balaban J connectivity index is 2.26. The van der Waals surface area contributed by atoms with E-state index in [2.05, 4.69) is 10.3 Å². The van der Waals surface area contributed by atoms with E-state index in [4.69, 9.17) is 12.2 Å². The number of alkyl halides is 6. The lowest BCUT2D eigenvalue weighted by molar-refractivity contribution is -0.143. The highest BCUT2D eigenvalue weighted by Crippen LogP contribution is 2.36. The number of aromatic nitrogens is 1. The fourth-order valence-corrected chi connectivity index (χ4v) is 2.07. The van der Waals surface area contributed by atoms with Gasteiger partial charge >= 0.3 is 12.4 Å². The molecule has 1 aromatic heterocycles. The van der Waals surface area contributed by atoms with Crippen LogP contribution in [-0.4, -0.2) is 16.0 Å². The molecule has 2 rings (SSSR count). The third-order valence-corrected chi connectivity index (χ3v) is 3.22. The van der Waals surface area contributed by atoms with Crippen LogP contribution in [0.5, 0.6) is 0 Å². The van der Waals surface area contributed by atoms with Gasteiger partial charge in [-0.3, -0.25) is 15.1 Å². The second kappa shape index (κ2) is 7.28. The quantitative estimate of drug-likeness (QED) is 0.592. The van der Waals surface area contributed by atoms with Gasteiger partial charge in [-0.05, 0) is 42.5 Å². The molecule has 0 aliphatic carbocycles. The maximum Gasteiger partial charge on any atom is 0.416 e. The highest BCUT2D eigenvalue weighted by molar-refractivity contribution is 7.80. The molecule has 0 atom stereocenters. The molecule has 0 aliphatic heterocycles. The van der Waals surface area contributed by atoms with Crippen molar-refractivity contribution in [3.05, 3.63) is 59.4 Å². The second-order valence-corrected chi connectivity index (χ2v) is 5.35. The van der Waals surface area contributed by atoms with Gasteiger partial charge in [-0.1, -0.05) is 0 Å². The van der Waals surface area contributed by atoms with Gasteiger partial charge in [0, 0.05) is 23.6 Å². The van der Waals surface area contributed by atoms with Gasteiger partial charge < -0.3 is 5.32 Å². The minimum atomic E-state index is -5.05. The number of nitrogens with zero attached hydrogens (tertiary/aromatic N) is 1. The Kier molecular flexibility index (Phi) is 5.50. The first-order chi connectivity index (χ1) is 12.0. The van der Waals surface area contributed by atoms with Crippen LogP contribution in [0.1, 0.15) is 21.5 Å². The number of carbonyl (C=O) groups is 1. The first kappa shape index (κ1) is 19.6. The van der Waals surface area contributed by atoms with Gasteiger partial charge in [0.15, 0.2) is 5.11 Å². The van der Waals surface area contributed by atoms with E-state index < -0.39 is 35.0 Å². The number of halogens is 6. The Hall–Kier alpha value is -2.69. The number of carbonyl (C=O) groups excluding carboxylic acids is 1. The molecule has 0 aliphatic rings. The van der Waals surface area contributed by atoms with Crippen molar-refractivity contribution in [2.75, 3.05) is 5.32 Å². The van der Waals surface area contributed by atoms with Crippen molar-refractivity contribution >= 4 is 28.9 Å². The molecule has 0 bridgehead atoms. The molecule has 1 aromatic carbocycles. The average molecular weight is 393 g/mol. The monoisotopic (exact) mass is 393 g/mol. The third kappa shape index (κ3) is 5.15. The molecule has 0 fully saturated rings. The Morgan fingerprint density at radius 1 is 0.923 bits per heavy atom. The minimum absolute atomic E-state index is 0.0652. The summed E-state index contributed by atoms with van der Waals surface area (Å²) < 4.78 is 76.8. The van der Waals surface area contributed by atoms with Crippen molar-refractivity contribution in [1.82, 2.24) is 10.3 Å². The van der Waals surface area contributed by atoms with Gasteiger partial charge in [0.05, 0.1) is 11.1 Å². The van der Waals surface area contributed by atoms with Crippen LogP contribution in [0, 0.1) is 0 Å². The number of hydrogen-bond donors (Lipinski definition) is 2. The van der Waals surface area contributed by atoms with Gasteiger partial charge in [0.1, 0.15) is 0 Å². The number of benzene rings is 1. The number of amides is 1. The molecule has 138 valence electrons. The van der Waals surface area contributed by atoms with Crippen molar-refractivity contribution in [2.45, 2.75) is 12.4 Å². The molecule has 0 saturated heterocycles. The zero-order valence-electron chi connectivity index (χ0n) is 12.6. The lowest BCUT2D eigenvalue weighted by Crippen LogP contribution is -2.34. The molecule has 2 N–H and O–H groups in total. The lowest BCUT2D eigenvalue weighted by atomic mass is 10.0. The predicted octanol–water partition coefficient (Wildman–Crippen LogP) is 4.25. The zero-order chi connectivity index (χ0) is 19.5. The summed E-state index contributed by atoms with van der Waals surface area (Å²) in [4.78, 5) is 15.8. The normalized spacial score (nSPS) is 11.8. The average Bonchev–Trinajstić information content (AvgIpc) is 2.53. The number of anilines is 1. The summed E-state index contributed by atoms with van der Waals surface area (Å²) in [6.07, 6.45) is -7.28. The largest absolute Gasteiger partial charge is 0.416 e. The van der Waals surface area contributed by atoms with E-state index in [1.165, 1.54) is 24.5 Å². The fourth-order valence-electron chi connectivity index (χ4n) is 1.86. The van der Waals surface area contributed by atoms with Crippen LogP contribution in [-0.2, 0) is 12.4 Å². The maximum absolute atomic E-state index is 12.8. The number of nitrogens with one attached hydrogen (secondary N) is 2. The third-order valence-electron chi connectivity index (χ3n) is 3.02. The van der Waals surface area contributed by atoms with E-state index in [0.29, 0.717) is 17.8 Å². The molecule has 1 amide bonds. The first-order valence-corrected chi connectivity index (χ1v) is 7.19. The van der Waals surface area contributed by atoms with Gasteiger partial charge in [0.25, 0.3) is 5.91 Å². The van der Waals surface area contributed by atoms with Crippen LogP contribution in [0.15, 0.2) is 42.7 Å². The van der Waals surface area contributed by atoms with Crippen LogP contribution in [0.4, 0.5) is 32.0 Å². The van der Waals surface area contributed by atoms with Crippen LogP contribution in [0.25, 0.3) is 0 Å². The summed E-state index contributed by atoms with van der Waals surface area (Å²) in [6, 6.07) is 3.55. The van der Waals surface area contributed by atoms with Gasteiger partial charge in [-0.15, -0.1) is 0 Å². The van der Waals surface area contributed by atoms with Crippen molar-refractivity contribution in [2.24, 2.45) is 0 Å². The Morgan fingerprint density at radius 2 is 1.42 bits per heavy atom. The number of thiocarbonyl (C=S) groups is 1. The van der Waals surface area contributed by atoms with E-state index in [0.717, 1.165) is 0 Å². The first-order valence-electron chi connectivity index (χ1n) is 6.78. The van der Waals surface area contributed by atoms with Crippen LogP contribution >= 0.6 is 12.2 Å².